The molecule has 2 aromatic heterocycles. The zero-order chi connectivity index (χ0) is 21.5. The van der Waals surface area contributed by atoms with Crippen LogP contribution >= 0.6 is 0 Å². The van der Waals surface area contributed by atoms with E-state index < -0.39 is 5.69 Å². The summed E-state index contributed by atoms with van der Waals surface area (Å²) in [4.78, 5) is 53.6. The van der Waals surface area contributed by atoms with Crippen LogP contribution in [0.1, 0.15) is 22.0 Å². The van der Waals surface area contributed by atoms with Gasteiger partial charge in [0.2, 0.25) is 5.91 Å². The fraction of sp³-hybridized carbons (Fsp3) is 0.579. The minimum Gasteiger partial charge on any atom is -0.341 e. The quantitative estimate of drug-likeness (QED) is 0.635. The van der Waals surface area contributed by atoms with E-state index in [1.807, 2.05) is 23.9 Å². The highest BCUT2D eigenvalue weighted by Crippen LogP contribution is 2.43. The number of likely N-dealkylation sites (tertiary alicyclic amines) is 2. The standard InChI is InChI=1S/C19H26N8O3/c1-12-20-5-13(6-21-12)17(29)27-8-14-7-26(10-19(14,11-27)9-25(2)3)16(28)4-15-22-18(30)24-23-15/h5-6,14H,4,7-11H2,1-3H3,(H2,22,23,24,30)/t14-,19+/m0/s1. The number of carbonyl (C=O) groups is 2. The molecule has 0 unspecified atom stereocenters. The molecule has 0 aliphatic carbocycles. The molecule has 0 radical (unpaired) electrons. The van der Waals surface area contributed by atoms with Crippen LogP contribution in [0.4, 0.5) is 0 Å². The average Bonchev–Trinajstić information content (AvgIpc) is 3.33. The summed E-state index contributed by atoms with van der Waals surface area (Å²) in [5.41, 5.74) is -0.135. The molecule has 11 heteroatoms. The van der Waals surface area contributed by atoms with Gasteiger partial charge in [-0.1, -0.05) is 0 Å². The molecule has 11 nitrogen and oxygen atoms in total. The summed E-state index contributed by atoms with van der Waals surface area (Å²) in [7, 11) is 4.01. The van der Waals surface area contributed by atoms with Crippen molar-refractivity contribution in [1.82, 2.24) is 39.8 Å². The SMILES string of the molecule is Cc1ncc(C(=O)N2C[C@@H]3CN(C(=O)Cc4n[nH]c(=O)[nH]4)C[C@]3(CN(C)C)C2)cn1. The van der Waals surface area contributed by atoms with Gasteiger partial charge < -0.3 is 14.7 Å². The lowest BCUT2D eigenvalue weighted by atomic mass is 9.80. The molecule has 2 aliphatic heterocycles. The Kier molecular flexibility index (Phi) is 5.14. The number of nitrogens with one attached hydrogen (secondary N) is 2. The molecule has 2 aromatic rings. The lowest BCUT2D eigenvalue weighted by Gasteiger charge is -2.32. The van der Waals surface area contributed by atoms with Crippen LogP contribution < -0.4 is 5.69 Å². The van der Waals surface area contributed by atoms with Crippen molar-refractivity contribution in [2.45, 2.75) is 13.3 Å². The van der Waals surface area contributed by atoms with E-state index >= 15 is 0 Å². The van der Waals surface area contributed by atoms with E-state index in [1.54, 1.807) is 19.3 Å². The molecule has 4 rings (SSSR count). The van der Waals surface area contributed by atoms with Gasteiger partial charge >= 0.3 is 5.69 Å². The van der Waals surface area contributed by atoms with E-state index in [2.05, 4.69) is 30.0 Å². The molecule has 4 heterocycles. The Morgan fingerprint density at radius 3 is 2.50 bits per heavy atom. The van der Waals surface area contributed by atoms with Gasteiger partial charge in [-0.05, 0) is 21.0 Å². The first-order chi connectivity index (χ1) is 14.3. The van der Waals surface area contributed by atoms with E-state index in [9.17, 15) is 14.4 Å². The van der Waals surface area contributed by atoms with Crippen molar-refractivity contribution < 1.29 is 9.59 Å². The smallest absolute Gasteiger partial charge is 0.340 e. The second kappa shape index (κ2) is 7.63. The number of aromatic amines is 2. The number of amides is 2. The zero-order valence-electron chi connectivity index (χ0n) is 17.4. The molecule has 2 fully saturated rings. The molecule has 2 amide bonds. The van der Waals surface area contributed by atoms with Crippen molar-refractivity contribution in [3.63, 3.8) is 0 Å². The normalized spacial score (nSPS) is 23.3. The lowest BCUT2D eigenvalue weighted by molar-refractivity contribution is -0.130. The molecule has 0 spiro atoms. The number of aromatic nitrogens is 5. The summed E-state index contributed by atoms with van der Waals surface area (Å²) in [5, 5.41) is 6.11. The van der Waals surface area contributed by atoms with Gasteiger partial charge in [-0.25, -0.2) is 19.9 Å². The summed E-state index contributed by atoms with van der Waals surface area (Å²) < 4.78 is 0. The summed E-state index contributed by atoms with van der Waals surface area (Å²) in [6.45, 7) is 4.86. The van der Waals surface area contributed by atoms with E-state index in [1.165, 1.54) is 0 Å². The van der Waals surface area contributed by atoms with Crippen LogP contribution in [0.5, 0.6) is 0 Å². The third kappa shape index (κ3) is 3.84. The second-order valence-corrected chi connectivity index (χ2v) is 8.58. The fourth-order valence-electron chi connectivity index (χ4n) is 4.71. The van der Waals surface area contributed by atoms with Crippen LogP contribution in [-0.4, -0.2) is 98.5 Å². The molecule has 2 atom stereocenters. The Morgan fingerprint density at radius 2 is 1.87 bits per heavy atom. The van der Waals surface area contributed by atoms with Gasteiger partial charge in [-0.3, -0.25) is 14.6 Å². The van der Waals surface area contributed by atoms with Gasteiger partial charge in [0.1, 0.15) is 11.6 Å². The Bertz CT molecular complexity index is 998. The van der Waals surface area contributed by atoms with Gasteiger partial charge in [0.05, 0.1) is 12.0 Å². The Labute approximate surface area is 173 Å². The van der Waals surface area contributed by atoms with Crippen LogP contribution in [0.15, 0.2) is 17.2 Å². The Morgan fingerprint density at radius 1 is 1.20 bits per heavy atom. The molecular formula is C19H26N8O3. The highest BCUT2D eigenvalue weighted by Gasteiger charge is 2.54. The fourth-order valence-corrected chi connectivity index (χ4v) is 4.71. The topological polar surface area (TPSA) is 131 Å². The molecule has 2 N–H and O–H groups in total. The zero-order valence-corrected chi connectivity index (χ0v) is 17.4. The summed E-state index contributed by atoms with van der Waals surface area (Å²) >= 11 is 0. The largest absolute Gasteiger partial charge is 0.341 e. The van der Waals surface area contributed by atoms with Crippen molar-refractivity contribution in [2.24, 2.45) is 11.3 Å². The first kappa shape index (κ1) is 20.2. The molecule has 30 heavy (non-hydrogen) atoms. The van der Waals surface area contributed by atoms with Crippen LogP contribution in [0.2, 0.25) is 0 Å². The third-order valence-electron chi connectivity index (χ3n) is 5.93. The van der Waals surface area contributed by atoms with Gasteiger partial charge in [0, 0.05) is 56.5 Å². The number of nitrogens with zero attached hydrogens (tertiary/aromatic N) is 6. The molecule has 0 aromatic carbocycles. The van der Waals surface area contributed by atoms with E-state index in [0.717, 1.165) is 6.54 Å². The van der Waals surface area contributed by atoms with Crippen molar-refractivity contribution >= 4 is 11.8 Å². The van der Waals surface area contributed by atoms with Crippen LogP contribution in [0.3, 0.4) is 0 Å². The predicted molar refractivity (Wildman–Crippen MR) is 107 cm³/mol. The van der Waals surface area contributed by atoms with Crippen LogP contribution in [0, 0.1) is 18.3 Å². The third-order valence-corrected chi connectivity index (χ3v) is 5.93. The first-order valence-electron chi connectivity index (χ1n) is 9.90. The molecule has 0 bridgehead atoms. The van der Waals surface area contributed by atoms with Gasteiger partial charge in [-0.15, -0.1) is 0 Å². The second-order valence-electron chi connectivity index (χ2n) is 8.58. The van der Waals surface area contributed by atoms with E-state index in [-0.39, 0.29) is 29.6 Å². The van der Waals surface area contributed by atoms with E-state index in [4.69, 9.17) is 0 Å². The molecule has 0 saturated carbocycles. The lowest BCUT2D eigenvalue weighted by Crippen LogP contribution is -2.44. The molecular weight excluding hydrogens is 388 g/mol. The average molecular weight is 414 g/mol. The first-order valence-corrected chi connectivity index (χ1v) is 9.90. The number of hydrogen-bond donors (Lipinski definition) is 2. The minimum atomic E-state index is -0.422. The number of rotatable bonds is 5. The van der Waals surface area contributed by atoms with Gasteiger partial charge in [0.25, 0.3) is 5.91 Å². The maximum atomic E-state index is 13.0. The maximum absolute atomic E-state index is 13.0. The van der Waals surface area contributed by atoms with Gasteiger partial charge in [-0.2, -0.15) is 5.10 Å². The van der Waals surface area contributed by atoms with Crippen LogP contribution in [-0.2, 0) is 11.2 Å². The minimum absolute atomic E-state index is 0.0485. The summed E-state index contributed by atoms with van der Waals surface area (Å²) in [5.74, 6) is 0.989. The number of fused-ring (bicyclic) bond motifs is 1. The Balaban J connectivity index is 1.49. The molecule has 160 valence electrons. The number of H-pyrrole nitrogens is 2. The van der Waals surface area contributed by atoms with Crippen molar-refractivity contribution in [3.05, 3.63) is 40.1 Å². The summed E-state index contributed by atoms with van der Waals surface area (Å²) in [6, 6.07) is 0. The molecule has 2 aliphatic rings. The van der Waals surface area contributed by atoms with Crippen molar-refractivity contribution in [1.29, 1.82) is 0 Å². The molecule has 2 saturated heterocycles. The van der Waals surface area contributed by atoms with Crippen molar-refractivity contribution in [2.75, 3.05) is 46.8 Å². The van der Waals surface area contributed by atoms with Gasteiger partial charge in [0.15, 0.2) is 0 Å². The van der Waals surface area contributed by atoms with E-state index in [0.29, 0.717) is 43.4 Å². The number of hydrogen-bond acceptors (Lipinski definition) is 7. The number of carbonyl (C=O) groups excluding carboxylic acids is 2. The maximum Gasteiger partial charge on any atom is 0.340 e. The highest BCUT2D eigenvalue weighted by molar-refractivity contribution is 5.94. The number of aryl methyl sites for hydroxylation is 1. The summed E-state index contributed by atoms with van der Waals surface area (Å²) in [6.07, 6.45) is 3.18. The van der Waals surface area contributed by atoms with Crippen LogP contribution in [0.25, 0.3) is 0 Å². The van der Waals surface area contributed by atoms with Crippen molar-refractivity contribution in [3.8, 4) is 0 Å². The monoisotopic (exact) mass is 414 g/mol. The highest BCUT2D eigenvalue weighted by atomic mass is 16.2. The predicted octanol–water partition coefficient (Wildman–Crippen LogP) is -1.10. The Hall–Kier alpha value is -3.08.